The fraction of sp³-hybridized carbons (Fsp3) is 0.500. The molecule has 0 aliphatic rings. The van der Waals surface area contributed by atoms with Gasteiger partial charge in [-0.2, -0.15) is 0 Å². The molecule has 0 atom stereocenters. The number of rotatable bonds is 7. The minimum atomic E-state index is 0.271. The molecule has 19 heavy (non-hydrogen) atoms. The lowest BCUT2D eigenvalue weighted by Gasteiger charge is -2.24. The van der Waals surface area contributed by atoms with Gasteiger partial charge < -0.3 is 15.5 Å². The van der Waals surface area contributed by atoms with Gasteiger partial charge in [-0.15, -0.1) is 0 Å². The molecule has 0 unspecified atom stereocenters. The van der Waals surface area contributed by atoms with E-state index in [0.717, 1.165) is 38.1 Å². The summed E-state index contributed by atoms with van der Waals surface area (Å²) in [4.78, 5) is 0. The van der Waals surface area contributed by atoms with Crippen LogP contribution in [0.15, 0.2) is 34.9 Å². The van der Waals surface area contributed by atoms with E-state index in [1.54, 1.807) is 0 Å². The molecular formula is C16H24N2O. The van der Waals surface area contributed by atoms with Gasteiger partial charge in [-0.05, 0) is 43.0 Å². The lowest BCUT2D eigenvalue weighted by atomic mass is 9.89. The van der Waals surface area contributed by atoms with Crippen LogP contribution < -0.4 is 11.1 Å². The van der Waals surface area contributed by atoms with E-state index in [-0.39, 0.29) is 5.41 Å². The molecule has 104 valence electrons. The van der Waals surface area contributed by atoms with Crippen molar-refractivity contribution in [3.63, 3.8) is 0 Å². The summed E-state index contributed by atoms with van der Waals surface area (Å²) in [6, 6.07) is 8.19. The van der Waals surface area contributed by atoms with Gasteiger partial charge in [0.1, 0.15) is 5.58 Å². The lowest BCUT2D eigenvalue weighted by molar-refractivity contribution is 0.321. The third kappa shape index (κ3) is 3.82. The van der Waals surface area contributed by atoms with Gasteiger partial charge in [-0.25, -0.2) is 0 Å². The van der Waals surface area contributed by atoms with Crippen LogP contribution in [0.2, 0.25) is 0 Å². The van der Waals surface area contributed by atoms with E-state index in [0.29, 0.717) is 0 Å². The second-order valence-electron chi connectivity index (χ2n) is 5.89. The maximum atomic E-state index is 5.62. The fourth-order valence-electron chi connectivity index (χ4n) is 2.36. The van der Waals surface area contributed by atoms with Gasteiger partial charge in [0, 0.05) is 11.9 Å². The van der Waals surface area contributed by atoms with Crippen LogP contribution >= 0.6 is 0 Å². The summed E-state index contributed by atoms with van der Waals surface area (Å²) in [5.74, 6) is 0. The largest absolute Gasteiger partial charge is 0.464 e. The molecule has 0 saturated heterocycles. The van der Waals surface area contributed by atoms with Crippen molar-refractivity contribution in [1.82, 2.24) is 5.32 Å². The van der Waals surface area contributed by atoms with Gasteiger partial charge in [-0.3, -0.25) is 0 Å². The van der Waals surface area contributed by atoms with Crippen LogP contribution in [0.4, 0.5) is 0 Å². The van der Waals surface area contributed by atoms with Gasteiger partial charge in [0.15, 0.2) is 0 Å². The van der Waals surface area contributed by atoms with Crippen LogP contribution in [0.1, 0.15) is 25.8 Å². The molecule has 3 heteroatoms. The normalized spacial score (nSPS) is 12.2. The molecule has 3 N–H and O–H groups in total. The Hall–Kier alpha value is -1.32. The van der Waals surface area contributed by atoms with E-state index in [1.807, 2.05) is 18.4 Å². The average molecular weight is 260 g/mol. The van der Waals surface area contributed by atoms with Gasteiger partial charge in [0.2, 0.25) is 0 Å². The van der Waals surface area contributed by atoms with E-state index >= 15 is 0 Å². The zero-order valence-corrected chi connectivity index (χ0v) is 11.9. The molecule has 0 aliphatic carbocycles. The average Bonchev–Trinajstić information content (AvgIpc) is 2.78. The SMILES string of the molecule is CC(C)(CCN)CNCCc1coc2ccccc12. The smallest absolute Gasteiger partial charge is 0.134 e. The Balaban J connectivity index is 1.83. The number of hydrogen-bond donors (Lipinski definition) is 2. The van der Waals surface area contributed by atoms with Crippen molar-refractivity contribution in [2.24, 2.45) is 11.1 Å². The first-order chi connectivity index (χ1) is 9.12. The number of benzene rings is 1. The number of furan rings is 1. The molecule has 0 aliphatic heterocycles. The van der Waals surface area contributed by atoms with Gasteiger partial charge >= 0.3 is 0 Å². The molecule has 0 saturated carbocycles. The fourth-order valence-corrected chi connectivity index (χ4v) is 2.36. The standard InChI is InChI=1S/C16H24N2O/c1-16(2,8-9-17)12-18-10-7-13-11-19-15-6-4-3-5-14(13)15/h3-6,11,18H,7-10,12,17H2,1-2H3. The first kappa shape index (κ1) is 14.1. The van der Waals surface area contributed by atoms with Gasteiger partial charge in [0.05, 0.1) is 6.26 Å². The Kier molecular flexibility index (Phi) is 4.61. The lowest BCUT2D eigenvalue weighted by Crippen LogP contribution is -2.32. The van der Waals surface area contributed by atoms with Gasteiger partial charge in [-0.1, -0.05) is 32.0 Å². The number of nitrogens with one attached hydrogen (secondary N) is 1. The summed E-state index contributed by atoms with van der Waals surface area (Å²) in [5, 5.41) is 4.74. The summed E-state index contributed by atoms with van der Waals surface area (Å²) in [6.07, 6.45) is 3.92. The Morgan fingerprint density at radius 1 is 1.26 bits per heavy atom. The van der Waals surface area contributed by atoms with Crippen LogP contribution in [0.25, 0.3) is 11.0 Å². The van der Waals surface area contributed by atoms with Gasteiger partial charge in [0.25, 0.3) is 0 Å². The van der Waals surface area contributed by atoms with E-state index in [4.69, 9.17) is 10.2 Å². The zero-order chi connectivity index (χ0) is 13.7. The van der Waals surface area contributed by atoms with E-state index in [9.17, 15) is 0 Å². The van der Waals surface area contributed by atoms with Crippen LogP contribution in [0, 0.1) is 5.41 Å². The highest BCUT2D eigenvalue weighted by Gasteiger charge is 2.15. The molecule has 2 rings (SSSR count). The Bertz CT molecular complexity index is 516. The van der Waals surface area contributed by atoms with E-state index in [1.165, 1.54) is 10.9 Å². The second kappa shape index (κ2) is 6.22. The minimum absolute atomic E-state index is 0.271. The zero-order valence-electron chi connectivity index (χ0n) is 11.9. The summed E-state index contributed by atoms with van der Waals surface area (Å²) < 4.78 is 5.54. The van der Waals surface area contributed by atoms with Crippen molar-refractivity contribution in [3.05, 3.63) is 36.1 Å². The third-order valence-corrected chi connectivity index (χ3v) is 3.56. The topological polar surface area (TPSA) is 51.2 Å². The molecule has 3 nitrogen and oxygen atoms in total. The van der Waals surface area contributed by atoms with Crippen molar-refractivity contribution < 1.29 is 4.42 Å². The monoisotopic (exact) mass is 260 g/mol. The van der Waals surface area contributed by atoms with Crippen molar-refractivity contribution in [2.75, 3.05) is 19.6 Å². The van der Waals surface area contributed by atoms with E-state index < -0.39 is 0 Å². The highest BCUT2D eigenvalue weighted by atomic mass is 16.3. The summed E-state index contributed by atoms with van der Waals surface area (Å²) in [5.41, 5.74) is 8.14. The maximum absolute atomic E-state index is 5.62. The molecule has 1 aromatic carbocycles. The summed E-state index contributed by atoms with van der Waals surface area (Å²) in [7, 11) is 0. The maximum Gasteiger partial charge on any atom is 0.134 e. The first-order valence-corrected chi connectivity index (χ1v) is 6.98. The Morgan fingerprint density at radius 2 is 2.05 bits per heavy atom. The highest BCUT2D eigenvalue weighted by Crippen LogP contribution is 2.21. The number of nitrogens with two attached hydrogens (primary N) is 1. The minimum Gasteiger partial charge on any atom is -0.464 e. The number of fused-ring (bicyclic) bond motifs is 1. The summed E-state index contributed by atoms with van der Waals surface area (Å²) in [6.45, 7) is 7.22. The van der Waals surface area contributed by atoms with Crippen LogP contribution in [-0.2, 0) is 6.42 Å². The molecule has 0 spiro atoms. The van der Waals surface area contributed by atoms with Crippen LogP contribution in [0.5, 0.6) is 0 Å². The third-order valence-electron chi connectivity index (χ3n) is 3.56. The molecule has 0 fully saturated rings. The molecule has 2 aromatic rings. The van der Waals surface area contributed by atoms with Crippen molar-refractivity contribution in [3.8, 4) is 0 Å². The number of para-hydroxylation sites is 1. The Morgan fingerprint density at radius 3 is 2.84 bits per heavy atom. The quantitative estimate of drug-likeness (QED) is 0.753. The van der Waals surface area contributed by atoms with Crippen LogP contribution in [0.3, 0.4) is 0 Å². The molecule has 1 heterocycles. The molecular weight excluding hydrogens is 236 g/mol. The second-order valence-corrected chi connectivity index (χ2v) is 5.89. The summed E-state index contributed by atoms with van der Waals surface area (Å²) >= 11 is 0. The predicted molar refractivity (Wildman–Crippen MR) is 80.2 cm³/mol. The van der Waals surface area contributed by atoms with Crippen molar-refractivity contribution in [2.45, 2.75) is 26.7 Å². The molecule has 1 aromatic heterocycles. The van der Waals surface area contributed by atoms with E-state index in [2.05, 4.69) is 31.3 Å². The molecule has 0 radical (unpaired) electrons. The molecule has 0 bridgehead atoms. The first-order valence-electron chi connectivity index (χ1n) is 6.98. The number of hydrogen-bond acceptors (Lipinski definition) is 3. The van der Waals surface area contributed by atoms with Crippen molar-refractivity contribution >= 4 is 11.0 Å². The Labute approximate surface area is 115 Å². The van der Waals surface area contributed by atoms with Crippen LogP contribution in [-0.4, -0.2) is 19.6 Å². The van der Waals surface area contributed by atoms with Crippen molar-refractivity contribution in [1.29, 1.82) is 0 Å². The predicted octanol–water partition coefficient (Wildman–Crippen LogP) is 2.94. The highest BCUT2D eigenvalue weighted by molar-refractivity contribution is 5.80. The molecule has 0 amide bonds.